The first-order valence-corrected chi connectivity index (χ1v) is 6.91. The van der Waals surface area contributed by atoms with Crippen LogP contribution in [0, 0.1) is 3.57 Å². The van der Waals surface area contributed by atoms with E-state index in [1.54, 1.807) is 11.3 Å². The van der Waals surface area contributed by atoms with Crippen molar-refractivity contribution in [3.05, 3.63) is 25.6 Å². The van der Waals surface area contributed by atoms with Gasteiger partial charge in [-0.15, -0.1) is 11.3 Å². The third-order valence-electron chi connectivity index (χ3n) is 1.86. The maximum Gasteiger partial charge on any atom is 0.141 e. The van der Waals surface area contributed by atoms with Crippen LogP contribution in [0.4, 0.5) is 0 Å². The van der Waals surface area contributed by atoms with E-state index in [1.807, 2.05) is 6.92 Å². The van der Waals surface area contributed by atoms with Crippen molar-refractivity contribution in [2.45, 2.75) is 6.92 Å². The van der Waals surface area contributed by atoms with Gasteiger partial charge in [0.1, 0.15) is 5.75 Å². The van der Waals surface area contributed by atoms with Gasteiger partial charge in [-0.3, -0.25) is 0 Å². The summed E-state index contributed by atoms with van der Waals surface area (Å²) in [6.45, 7) is 2.72. The minimum atomic E-state index is 0.711. The maximum absolute atomic E-state index is 5.64. The van der Waals surface area contributed by atoms with Crippen molar-refractivity contribution in [3.8, 4) is 5.75 Å². The Hall–Kier alpha value is 0.190. The summed E-state index contributed by atoms with van der Waals surface area (Å²) in [6, 6.07) is 6.35. The first-order valence-electron chi connectivity index (χ1n) is 4.22. The molecule has 14 heavy (non-hydrogen) atoms. The lowest BCUT2D eigenvalue weighted by molar-refractivity contribution is 0.342. The van der Waals surface area contributed by atoms with Crippen LogP contribution in [0.2, 0.25) is 0 Å². The summed E-state index contributed by atoms with van der Waals surface area (Å²) in [6.07, 6.45) is 0. The quantitative estimate of drug-likeness (QED) is 0.686. The highest BCUT2D eigenvalue weighted by molar-refractivity contribution is 14.1. The highest BCUT2D eigenvalue weighted by atomic mass is 127. The van der Waals surface area contributed by atoms with Crippen LogP contribution in [-0.4, -0.2) is 6.61 Å². The molecule has 0 saturated carbocycles. The van der Waals surface area contributed by atoms with Gasteiger partial charge in [-0.05, 0) is 63.6 Å². The Morgan fingerprint density at radius 2 is 2.29 bits per heavy atom. The van der Waals surface area contributed by atoms with Crippen molar-refractivity contribution in [3.63, 3.8) is 0 Å². The molecule has 0 bridgehead atoms. The summed E-state index contributed by atoms with van der Waals surface area (Å²) in [5.41, 5.74) is 0. The predicted octanol–water partition coefficient (Wildman–Crippen LogP) is 4.67. The van der Waals surface area contributed by atoms with Crippen molar-refractivity contribution in [2.75, 3.05) is 6.61 Å². The zero-order valence-corrected chi connectivity index (χ0v) is 12.1. The molecule has 0 amide bonds. The second kappa shape index (κ2) is 4.37. The van der Waals surface area contributed by atoms with Crippen molar-refractivity contribution >= 4 is 59.9 Å². The lowest BCUT2D eigenvalue weighted by Crippen LogP contribution is -1.93. The molecule has 0 radical (unpaired) electrons. The zero-order valence-electron chi connectivity index (χ0n) is 7.51. The smallest absolute Gasteiger partial charge is 0.141 e. The first-order chi connectivity index (χ1) is 6.72. The molecule has 2 rings (SSSR count). The van der Waals surface area contributed by atoms with Gasteiger partial charge in [0.2, 0.25) is 0 Å². The highest BCUT2D eigenvalue weighted by Crippen LogP contribution is 2.38. The van der Waals surface area contributed by atoms with Crippen LogP contribution in [-0.2, 0) is 0 Å². The lowest BCUT2D eigenvalue weighted by Gasteiger charge is -2.06. The van der Waals surface area contributed by atoms with Crippen LogP contribution < -0.4 is 4.74 Å². The Kier molecular flexibility index (Phi) is 3.34. The number of hydrogen-bond acceptors (Lipinski definition) is 2. The Balaban J connectivity index is 2.68. The normalized spacial score (nSPS) is 10.8. The Bertz CT molecular complexity index is 466. The van der Waals surface area contributed by atoms with E-state index in [1.165, 1.54) is 13.7 Å². The van der Waals surface area contributed by atoms with Crippen molar-refractivity contribution < 1.29 is 4.74 Å². The molecule has 0 aliphatic rings. The summed E-state index contributed by atoms with van der Waals surface area (Å²) < 4.78 is 9.22. The number of thiophene rings is 1. The van der Waals surface area contributed by atoms with Crippen LogP contribution >= 0.6 is 49.9 Å². The fourth-order valence-electron chi connectivity index (χ4n) is 1.32. The summed E-state index contributed by atoms with van der Waals surface area (Å²) in [5.74, 6) is 1.01. The van der Waals surface area contributed by atoms with Crippen LogP contribution in [0.3, 0.4) is 0 Å². The molecule has 0 atom stereocenters. The number of benzene rings is 1. The van der Waals surface area contributed by atoms with Crippen LogP contribution in [0.15, 0.2) is 22.0 Å². The first kappa shape index (κ1) is 10.7. The summed E-state index contributed by atoms with van der Waals surface area (Å²) in [7, 11) is 0. The average molecular weight is 383 g/mol. The molecule has 1 aromatic heterocycles. The minimum absolute atomic E-state index is 0.711. The molecule has 74 valence electrons. The summed E-state index contributed by atoms with van der Waals surface area (Å²) in [5, 5.41) is 1.20. The number of fused-ring (bicyclic) bond motifs is 1. The lowest BCUT2D eigenvalue weighted by atomic mass is 10.2. The van der Waals surface area contributed by atoms with E-state index in [4.69, 9.17) is 4.74 Å². The number of halogens is 2. The molecule has 0 unspecified atom stereocenters. The molecular weight excluding hydrogens is 375 g/mol. The number of hydrogen-bond donors (Lipinski definition) is 0. The van der Waals surface area contributed by atoms with E-state index < -0.39 is 0 Å². The molecule has 1 aromatic carbocycles. The molecule has 0 N–H and O–H groups in total. The van der Waals surface area contributed by atoms with E-state index in [0.29, 0.717) is 6.61 Å². The fourth-order valence-corrected chi connectivity index (χ4v) is 3.48. The molecule has 2 aromatic rings. The Morgan fingerprint density at radius 3 is 3.00 bits per heavy atom. The molecule has 0 aliphatic heterocycles. The Labute approximate surface area is 109 Å². The molecule has 0 saturated heterocycles. The summed E-state index contributed by atoms with van der Waals surface area (Å²) in [4.78, 5) is 0. The van der Waals surface area contributed by atoms with Crippen LogP contribution in [0.1, 0.15) is 6.92 Å². The predicted molar refractivity (Wildman–Crippen MR) is 73.4 cm³/mol. The topological polar surface area (TPSA) is 9.23 Å². The minimum Gasteiger partial charge on any atom is -0.492 e. The third-order valence-corrected chi connectivity index (χ3v) is 4.31. The van der Waals surface area contributed by atoms with Gasteiger partial charge < -0.3 is 4.74 Å². The zero-order chi connectivity index (χ0) is 10.1. The van der Waals surface area contributed by atoms with Gasteiger partial charge in [0, 0.05) is 10.1 Å². The molecule has 0 fully saturated rings. The van der Waals surface area contributed by atoms with Gasteiger partial charge in [-0.1, -0.05) is 0 Å². The fraction of sp³-hybridized carbons (Fsp3) is 0.200. The third kappa shape index (κ3) is 1.92. The van der Waals surface area contributed by atoms with E-state index in [2.05, 4.69) is 56.7 Å². The van der Waals surface area contributed by atoms with Gasteiger partial charge in [0.05, 0.1) is 14.0 Å². The van der Waals surface area contributed by atoms with Crippen molar-refractivity contribution in [2.24, 2.45) is 0 Å². The molecular formula is C10H8BrIOS. The largest absolute Gasteiger partial charge is 0.492 e. The van der Waals surface area contributed by atoms with Gasteiger partial charge in [-0.25, -0.2) is 0 Å². The standard InChI is InChI=1S/C10H8BrIOS/c1-2-13-10-6-5-9(11)14-8(6)4-3-7(10)12/h3-5H,2H2,1H3. The molecule has 1 heterocycles. The second-order valence-corrected chi connectivity index (χ2v) is 6.40. The Morgan fingerprint density at radius 1 is 1.50 bits per heavy atom. The summed E-state index contributed by atoms with van der Waals surface area (Å²) >= 11 is 7.53. The van der Waals surface area contributed by atoms with Crippen molar-refractivity contribution in [1.29, 1.82) is 0 Å². The second-order valence-electron chi connectivity index (χ2n) is 2.77. The van der Waals surface area contributed by atoms with E-state index in [9.17, 15) is 0 Å². The maximum atomic E-state index is 5.64. The highest BCUT2D eigenvalue weighted by Gasteiger charge is 2.09. The SMILES string of the molecule is CCOc1c(I)ccc2sc(Br)cc12. The molecule has 4 heteroatoms. The molecule has 1 nitrogen and oxygen atoms in total. The van der Waals surface area contributed by atoms with E-state index in [0.717, 1.165) is 9.54 Å². The van der Waals surface area contributed by atoms with Crippen molar-refractivity contribution in [1.82, 2.24) is 0 Å². The van der Waals surface area contributed by atoms with E-state index >= 15 is 0 Å². The van der Waals surface area contributed by atoms with Crippen LogP contribution in [0.5, 0.6) is 5.75 Å². The van der Waals surface area contributed by atoms with Gasteiger partial charge in [-0.2, -0.15) is 0 Å². The number of rotatable bonds is 2. The molecule has 0 spiro atoms. The average Bonchev–Trinajstić information content (AvgIpc) is 2.51. The monoisotopic (exact) mass is 382 g/mol. The van der Waals surface area contributed by atoms with Gasteiger partial charge in [0.25, 0.3) is 0 Å². The van der Waals surface area contributed by atoms with E-state index in [-0.39, 0.29) is 0 Å². The van der Waals surface area contributed by atoms with Gasteiger partial charge in [0.15, 0.2) is 0 Å². The number of ether oxygens (including phenoxy) is 1. The molecule has 0 aliphatic carbocycles. The van der Waals surface area contributed by atoms with Gasteiger partial charge >= 0.3 is 0 Å². The van der Waals surface area contributed by atoms with Crippen LogP contribution in [0.25, 0.3) is 10.1 Å².